The maximum absolute atomic E-state index is 13.0. The number of rotatable bonds is 3. The first kappa shape index (κ1) is 18.0. The molecule has 2 aromatic heterocycles. The van der Waals surface area contributed by atoms with Crippen molar-refractivity contribution in [2.45, 2.75) is 31.4 Å². The standard InChI is InChI=1S/C19H13F3N4O2S/c20-19(21,22)18-23-8-12(29-18)14-13(9-4-3-5-9)15(25-24-14)26-16(27)10-6-1-2-7-11(10)17(26)28/h1-2,6-9H,3-5H2,(H,24,25). The number of benzene rings is 1. The number of H-pyrrole nitrogens is 1. The summed E-state index contributed by atoms with van der Waals surface area (Å²) in [5.74, 6) is -0.694. The van der Waals surface area contributed by atoms with E-state index in [4.69, 9.17) is 0 Å². The topological polar surface area (TPSA) is 79.0 Å². The highest BCUT2D eigenvalue weighted by atomic mass is 32.1. The number of thiazole rings is 1. The summed E-state index contributed by atoms with van der Waals surface area (Å²) >= 11 is 0.497. The molecular formula is C19H13F3N4O2S. The number of aromatic nitrogens is 3. The van der Waals surface area contributed by atoms with Crippen LogP contribution in [0.5, 0.6) is 0 Å². The van der Waals surface area contributed by atoms with E-state index in [-0.39, 0.29) is 16.6 Å². The van der Waals surface area contributed by atoms with E-state index in [1.54, 1.807) is 24.3 Å². The third-order valence-corrected chi connectivity index (χ3v) is 6.35. The lowest BCUT2D eigenvalue weighted by Gasteiger charge is -2.27. The molecule has 3 aromatic rings. The molecular weight excluding hydrogens is 405 g/mol. The largest absolute Gasteiger partial charge is 0.443 e. The van der Waals surface area contributed by atoms with Crippen molar-refractivity contribution in [3.63, 3.8) is 0 Å². The fraction of sp³-hybridized carbons (Fsp3) is 0.263. The molecule has 0 unspecified atom stereocenters. The van der Waals surface area contributed by atoms with Crippen molar-refractivity contribution in [3.05, 3.63) is 52.2 Å². The molecule has 148 valence electrons. The van der Waals surface area contributed by atoms with Gasteiger partial charge in [0.15, 0.2) is 5.01 Å². The number of anilines is 1. The van der Waals surface area contributed by atoms with Crippen LogP contribution in [-0.2, 0) is 6.18 Å². The number of halogens is 3. The van der Waals surface area contributed by atoms with Crippen LogP contribution in [-0.4, -0.2) is 27.0 Å². The summed E-state index contributed by atoms with van der Waals surface area (Å²) in [7, 11) is 0. The predicted molar refractivity (Wildman–Crippen MR) is 98.9 cm³/mol. The number of imide groups is 1. The molecule has 0 spiro atoms. The van der Waals surface area contributed by atoms with Crippen LogP contribution in [0.4, 0.5) is 19.0 Å². The molecule has 2 amide bonds. The normalized spacial score (nSPS) is 17.0. The summed E-state index contributed by atoms with van der Waals surface area (Å²) in [6, 6.07) is 6.51. The molecule has 1 aliphatic carbocycles. The fourth-order valence-electron chi connectivity index (χ4n) is 3.69. The Morgan fingerprint density at radius 3 is 2.28 bits per heavy atom. The number of hydrogen-bond acceptors (Lipinski definition) is 5. The van der Waals surface area contributed by atoms with Gasteiger partial charge < -0.3 is 0 Å². The van der Waals surface area contributed by atoms with Crippen molar-refractivity contribution in [1.29, 1.82) is 0 Å². The average Bonchev–Trinajstić information content (AvgIpc) is 3.32. The second-order valence-corrected chi connectivity index (χ2v) is 8.01. The minimum atomic E-state index is -4.54. The zero-order valence-electron chi connectivity index (χ0n) is 14.8. The Kier molecular flexibility index (Phi) is 3.89. The molecule has 0 atom stereocenters. The van der Waals surface area contributed by atoms with Gasteiger partial charge in [0, 0.05) is 11.8 Å². The van der Waals surface area contributed by atoms with Crippen LogP contribution < -0.4 is 4.90 Å². The first-order valence-electron chi connectivity index (χ1n) is 8.95. The van der Waals surface area contributed by atoms with Crippen molar-refractivity contribution in [1.82, 2.24) is 15.2 Å². The lowest BCUT2D eigenvalue weighted by Crippen LogP contribution is -2.31. The minimum absolute atomic E-state index is 0.0134. The van der Waals surface area contributed by atoms with E-state index in [1.165, 1.54) is 0 Å². The van der Waals surface area contributed by atoms with E-state index in [9.17, 15) is 22.8 Å². The van der Waals surface area contributed by atoms with Gasteiger partial charge in [-0.2, -0.15) is 18.3 Å². The van der Waals surface area contributed by atoms with Crippen LogP contribution in [0.25, 0.3) is 10.6 Å². The van der Waals surface area contributed by atoms with Gasteiger partial charge in [-0.05, 0) is 30.9 Å². The van der Waals surface area contributed by atoms with Crippen LogP contribution >= 0.6 is 11.3 Å². The molecule has 1 aliphatic heterocycles. The Morgan fingerprint density at radius 2 is 1.76 bits per heavy atom. The Morgan fingerprint density at radius 1 is 1.10 bits per heavy atom. The molecule has 1 N–H and O–H groups in total. The second-order valence-electron chi connectivity index (χ2n) is 6.98. The Hall–Kier alpha value is -3.01. The van der Waals surface area contributed by atoms with Crippen molar-refractivity contribution in [2.24, 2.45) is 0 Å². The van der Waals surface area contributed by atoms with Crippen molar-refractivity contribution < 1.29 is 22.8 Å². The van der Waals surface area contributed by atoms with Crippen LogP contribution in [0.1, 0.15) is 56.5 Å². The molecule has 2 aliphatic rings. The number of amides is 2. The summed E-state index contributed by atoms with van der Waals surface area (Å²) < 4.78 is 38.9. The van der Waals surface area contributed by atoms with E-state index in [2.05, 4.69) is 15.2 Å². The number of carbonyl (C=O) groups excluding carboxylic acids is 2. The molecule has 1 saturated carbocycles. The molecule has 6 nitrogen and oxygen atoms in total. The Balaban J connectivity index is 1.62. The zero-order chi connectivity index (χ0) is 20.3. The number of nitrogens with zero attached hydrogens (tertiary/aromatic N) is 3. The van der Waals surface area contributed by atoms with E-state index >= 15 is 0 Å². The zero-order valence-corrected chi connectivity index (χ0v) is 15.6. The summed E-state index contributed by atoms with van der Waals surface area (Å²) in [6.45, 7) is 0. The minimum Gasteiger partial charge on any atom is -0.268 e. The van der Waals surface area contributed by atoms with Crippen LogP contribution in [0.3, 0.4) is 0 Å². The number of alkyl halides is 3. The summed E-state index contributed by atoms with van der Waals surface area (Å²) in [6.07, 6.45) is -0.812. The first-order chi connectivity index (χ1) is 13.9. The van der Waals surface area contributed by atoms with E-state index in [0.717, 1.165) is 30.4 Å². The summed E-state index contributed by atoms with van der Waals surface area (Å²) in [4.78, 5) is 30.5. The maximum atomic E-state index is 13.0. The molecule has 10 heteroatoms. The molecule has 1 aromatic carbocycles. The molecule has 0 bridgehead atoms. The van der Waals surface area contributed by atoms with Gasteiger partial charge in [-0.1, -0.05) is 18.6 Å². The van der Waals surface area contributed by atoms with Crippen molar-refractivity contribution in [3.8, 4) is 10.6 Å². The highest BCUT2D eigenvalue weighted by molar-refractivity contribution is 7.15. The number of carbonyl (C=O) groups is 2. The van der Waals surface area contributed by atoms with Crippen LogP contribution in [0.15, 0.2) is 30.5 Å². The van der Waals surface area contributed by atoms with Gasteiger partial charge in [-0.15, -0.1) is 11.3 Å². The first-order valence-corrected chi connectivity index (χ1v) is 9.77. The average molecular weight is 418 g/mol. The molecule has 3 heterocycles. The lowest BCUT2D eigenvalue weighted by atomic mass is 9.79. The third-order valence-electron chi connectivity index (χ3n) is 5.30. The monoisotopic (exact) mass is 418 g/mol. The number of fused-ring (bicyclic) bond motifs is 1. The second kappa shape index (κ2) is 6.24. The van der Waals surface area contributed by atoms with Gasteiger partial charge in [0.25, 0.3) is 11.8 Å². The summed E-state index contributed by atoms with van der Waals surface area (Å²) in [5, 5.41) is 5.97. The van der Waals surface area contributed by atoms with Gasteiger partial charge >= 0.3 is 6.18 Å². The smallest absolute Gasteiger partial charge is 0.268 e. The highest BCUT2D eigenvalue weighted by Gasteiger charge is 2.42. The number of aromatic amines is 1. The van der Waals surface area contributed by atoms with Crippen LogP contribution in [0.2, 0.25) is 0 Å². The van der Waals surface area contributed by atoms with E-state index in [1.807, 2.05) is 0 Å². The fourth-order valence-corrected chi connectivity index (χ4v) is 4.48. The third kappa shape index (κ3) is 2.70. The number of hydrogen-bond donors (Lipinski definition) is 1. The van der Waals surface area contributed by atoms with Crippen molar-refractivity contribution >= 4 is 29.0 Å². The van der Waals surface area contributed by atoms with E-state index < -0.39 is 23.0 Å². The van der Waals surface area contributed by atoms with Crippen molar-refractivity contribution in [2.75, 3.05) is 4.90 Å². The van der Waals surface area contributed by atoms with Gasteiger partial charge in [-0.25, -0.2) is 9.88 Å². The van der Waals surface area contributed by atoms with Gasteiger partial charge in [0.2, 0.25) is 0 Å². The van der Waals surface area contributed by atoms with Crippen LogP contribution in [0, 0.1) is 0 Å². The predicted octanol–water partition coefficient (Wildman–Crippen LogP) is 4.62. The quantitative estimate of drug-likeness (QED) is 0.630. The molecule has 0 saturated heterocycles. The Labute approximate surface area is 166 Å². The molecule has 5 rings (SSSR count). The van der Waals surface area contributed by atoms with Gasteiger partial charge in [-0.3, -0.25) is 14.7 Å². The SMILES string of the molecule is O=C1c2ccccc2C(=O)N1c1[nH]nc(-c2cnc(C(F)(F)F)s2)c1C1CCC1. The summed E-state index contributed by atoms with van der Waals surface area (Å²) in [5.41, 5.74) is 1.51. The highest BCUT2D eigenvalue weighted by Crippen LogP contribution is 2.47. The Bertz CT molecular complexity index is 1110. The number of nitrogens with one attached hydrogen (secondary N) is 1. The van der Waals surface area contributed by atoms with E-state index in [0.29, 0.717) is 33.7 Å². The lowest BCUT2D eigenvalue weighted by molar-refractivity contribution is -0.137. The molecule has 29 heavy (non-hydrogen) atoms. The molecule has 0 radical (unpaired) electrons. The maximum Gasteiger partial charge on any atom is 0.443 e. The van der Waals surface area contributed by atoms with Gasteiger partial charge in [0.05, 0.1) is 16.0 Å². The molecule has 1 fully saturated rings. The van der Waals surface area contributed by atoms with Gasteiger partial charge in [0.1, 0.15) is 11.5 Å².